The van der Waals surface area contributed by atoms with Crippen LogP contribution in [0.5, 0.6) is 0 Å². The standard InChI is InChI=1S/C15H24N4O/c16-15-17-13(9-14(20)18-15)12-6-8-19(10-12)7-2-5-11-3-1-4-11/h9,11-12H,1-8,10H2,(H3,16,17,18,20). The van der Waals surface area contributed by atoms with Crippen LogP contribution in [-0.4, -0.2) is 34.5 Å². The lowest BCUT2D eigenvalue weighted by Gasteiger charge is -2.26. The molecule has 2 heterocycles. The lowest BCUT2D eigenvalue weighted by Crippen LogP contribution is -2.23. The van der Waals surface area contributed by atoms with Gasteiger partial charge in [0.1, 0.15) is 0 Å². The van der Waals surface area contributed by atoms with Gasteiger partial charge in [-0.15, -0.1) is 0 Å². The van der Waals surface area contributed by atoms with Crippen molar-refractivity contribution in [3.8, 4) is 0 Å². The molecule has 1 aromatic rings. The fourth-order valence-electron chi connectivity index (χ4n) is 3.37. The molecule has 2 aliphatic rings. The van der Waals surface area contributed by atoms with E-state index in [0.29, 0.717) is 5.92 Å². The first-order valence-electron chi connectivity index (χ1n) is 7.80. The highest BCUT2D eigenvalue weighted by atomic mass is 16.1. The van der Waals surface area contributed by atoms with Crippen LogP contribution in [0.25, 0.3) is 0 Å². The molecule has 0 radical (unpaired) electrons. The largest absolute Gasteiger partial charge is 0.369 e. The van der Waals surface area contributed by atoms with Gasteiger partial charge in [-0.05, 0) is 38.3 Å². The van der Waals surface area contributed by atoms with Crippen LogP contribution in [0.15, 0.2) is 10.9 Å². The van der Waals surface area contributed by atoms with Crippen LogP contribution < -0.4 is 11.3 Å². The third-order valence-corrected chi connectivity index (χ3v) is 4.78. The number of anilines is 1. The molecule has 1 aliphatic heterocycles. The summed E-state index contributed by atoms with van der Waals surface area (Å²) in [5, 5.41) is 0. The van der Waals surface area contributed by atoms with E-state index >= 15 is 0 Å². The highest BCUT2D eigenvalue weighted by Gasteiger charge is 2.25. The Morgan fingerprint density at radius 3 is 2.95 bits per heavy atom. The molecule has 1 unspecified atom stereocenters. The van der Waals surface area contributed by atoms with Gasteiger partial charge in [0.05, 0.1) is 5.69 Å². The van der Waals surface area contributed by atoms with Crippen molar-refractivity contribution in [2.75, 3.05) is 25.4 Å². The zero-order valence-electron chi connectivity index (χ0n) is 12.0. The molecular weight excluding hydrogens is 252 g/mol. The first kappa shape index (κ1) is 13.6. The Bertz CT molecular complexity index is 509. The van der Waals surface area contributed by atoms with E-state index in [0.717, 1.165) is 31.1 Å². The zero-order chi connectivity index (χ0) is 13.9. The van der Waals surface area contributed by atoms with Crippen molar-refractivity contribution < 1.29 is 0 Å². The summed E-state index contributed by atoms with van der Waals surface area (Å²) in [5.41, 5.74) is 6.33. The Kier molecular flexibility index (Phi) is 4.05. The molecule has 1 saturated heterocycles. The van der Waals surface area contributed by atoms with E-state index in [1.54, 1.807) is 6.07 Å². The molecule has 5 heteroatoms. The minimum Gasteiger partial charge on any atom is -0.369 e. The Morgan fingerprint density at radius 1 is 1.40 bits per heavy atom. The number of nitrogens with one attached hydrogen (secondary N) is 1. The summed E-state index contributed by atoms with van der Waals surface area (Å²) in [6, 6.07) is 1.60. The van der Waals surface area contributed by atoms with Gasteiger partial charge in [0.25, 0.3) is 5.56 Å². The number of nitrogen functional groups attached to an aromatic ring is 1. The number of nitrogens with zero attached hydrogens (tertiary/aromatic N) is 2. The average molecular weight is 276 g/mol. The Morgan fingerprint density at radius 2 is 2.25 bits per heavy atom. The topological polar surface area (TPSA) is 75.0 Å². The van der Waals surface area contributed by atoms with E-state index in [2.05, 4.69) is 14.9 Å². The molecule has 20 heavy (non-hydrogen) atoms. The number of hydrogen-bond donors (Lipinski definition) is 2. The van der Waals surface area contributed by atoms with E-state index in [1.807, 2.05) is 0 Å². The molecule has 3 N–H and O–H groups in total. The fourth-order valence-corrected chi connectivity index (χ4v) is 3.37. The van der Waals surface area contributed by atoms with E-state index < -0.39 is 0 Å². The predicted molar refractivity (Wildman–Crippen MR) is 79.6 cm³/mol. The van der Waals surface area contributed by atoms with Crippen molar-refractivity contribution in [1.82, 2.24) is 14.9 Å². The maximum atomic E-state index is 11.4. The maximum absolute atomic E-state index is 11.4. The molecule has 1 aliphatic carbocycles. The van der Waals surface area contributed by atoms with Crippen LogP contribution in [0.1, 0.15) is 50.1 Å². The number of aromatic nitrogens is 2. The van der Waals surface area contributed by atoms with Crippen molar-refractivity contribution in [1.29, 1.82) is 0 Å². The monoisotopic (exact) mass is 276 g/mol. The highest BCUT2D eigenvalue weighted by Crippen LogP contribution is 2.31. The van der Waals surface area contributed by atoms with E-state index in [1.165, 1.54) is 38.6 Å². The van der Waals surface area contributed by atoms with Gasteiger partial charge in [0.2, 0.25) is 5.95 Å². The van der Waals surface area contributed by atoms with E-state index in [9.17, 15) is 4.79 Å². The summed E-state index contributed by atoms with van der Waals surface area (Å²) in [6.45, 7) is 3.32. The number of hydrogen-bond acceptors (Lipinski definition) is 4. The van der Waals surface area contributed by atoms with Gasteiger partial charge in [-0.3, -0.25) is 9.78 Å². The van der Waals surface area contributed by atoms with Crippen LogP contribution >= 0.6 is 0 Å². The summed E-state index contributed by atoms with van der Waals surface area (Å²) in [4.78, 5) is 20.7. The number of aromatic amines is 1. The van der Waals surface area contributed by atoms with Gasteiger partial charge in [-0.2, -0.15) is 0 Å². The molecule has 1 saturated carbocycles. The molecule has 2 fully saturated rings. The summed E-state index contributed by atoms with van der Waals surface area (Å²) in [6.07, 6.45) is 8.10. The molecule has 110 valence electrons. The van der Waals surface area contributed by atoms with Crippen molar-refractivity contribution in [2.24, 2.45) is 5.92 Å². The second-order valence-corrected chi connectivity index (χ2v) is 6.28. The molecule has 0 aromatic carbocycles. The summed E-state index contributed by atoms with van der Waals surface area (Å²) in [7, 11) is 0. The van der Waals surface area contributed by atoms with Crippen molar-refractivity contribution >= 4 is 5.95 Å². The van der Waals surface area contributed by atoms with Crippen molar-refractivity contribution in [3.05, 3.63) is 22.1 Å². The van der Waals surface area contributed by atoms with Gasteiger partial charge < -0.3 is 10.6 Å². The van der Waals surface area contributed by atoms with Gasteiger partial charge in [-0.25, -0.2) is 4.98 Å². The number of nitrogens with two attached hydrogens (primary N) is 1. The molecule has 3 rings (SSSR count). The lowest BCUT2D eigenvalue weighted by molar-refractivity contribution is 0.259. The molecule has 1 atom stereocenters. The minimum atomic E-state index is -0.143. The first-order chi connectivity index (χ1) is 9.70. The van der Waals surface area contributed by atoms with E-state index in [-0.39, 0.29) is 11.5 Å². The molecular formula is C15H24N4O. The minimum absolute atomic E-state index is 0.143. The third kappa shape index (κ3) is 3.20. The molecule has 0 spiro atoms. The van der Waals surface area contributed by atoms with Crippen molar-refractivity contribution in [2.45, 2.75) is 44.4 Å². The second kappa shape index (κ2) is 5.95. The number of H-pyrrole nitrogens is 1. The molecule has 5 nitrogen and oxygen atoms in total. The van der Waals surface area contributed by atoms with Gasteiger partial charge in [-0.1, -0.05) is 19.3 Å². The predicted octanol–water partition coefficient (Wildman–Crippen LogP) is 1.72. The van der Waals surface area contributed by atoms with Crippen molar-refractivity contribution in [3.63, 3.8) is 0 Å². The van der Waals surface area contributed by atoms with E-state index in [4.69, 9.17) is 5.73 Å². The summed E-state index contributed by atoms with van der Waals surface area (Å²) >= 11 is 0. The smallest absolute Gasteiger partial charge is 0.252 e. The number of likely N-dealkylation sites (tertiary alicyclic amines) is 1. The normalized spacial score (nSPS) is 23.9. The van der Waals surface area contributed by atoms with Crippen LogP contribution in [-0.2, 0) is 0 Å². The summed E-state index contributed by atoms with van der Waals surface area (Å²) < 4.78 is 0. The van der Waals surface area contributed by atoms with Gasteiger partial charge in [0.15, 0.2) is 0 Å². The molecule has 1 aromatic heterocycles. The van der Waals surface area contributed by atoms with Crippen LogP contribution in [0.3, 0.4) is 0 Å². The van der Waals surface area contributed by atoms with Crippen LogP contribution in [0.2, 0.25) is 0 Å². The molecule has 0 bridgehead atoms. The highest BCUT2D eigenvalue weighted by molar-refractivity contribution is 5.20. The zero-order valence-corrected chi connectivity index (χ0v) is 12.0. The second-order valence-electron chi connectivity index (χ2n) is 6.28. The summed E-state index contributed by atoms with van der Waals surface area (Å²) in [5.74, 6) is 1.60. The van der Waals surface area contributed by atoms with Crippen LogP contribution in [0, 0.1) is 5.92 Å². The number of rotatable bonds is 5. The Labute approximate surface area is 119 Å². The maximum Gasteiger partial charge on any atom is 0.252 e. The molecule has 0 amide bonds. The Hall–Kier alpha value is -1.36. The third-order valence-electron chi connectivity index (χ3n) is 4.78. The van der Waals surface area contributed by atoms with Gasteiger partial charge in [0, 0.05) is 18.5 Å². The first-order valence-corrected chi connectivity index (χ1v) is 7.80. The fraction of sp³-hybridized carbons (Fsp3) is 0.733. The average Bonchev–Trinajstić information content (AvgIpc) is 2.80. The SMILES string of the molecule is Nc1nc(C2CCN(CCCC3CCC3)C2)cc(=O)[nH]1. The van der Waals surface area contributed by atoms with Gasteiger partial charge >= 0.3 is 0 Å². The van der Waals surface area contributed by atoms with Crippen LogP contribution in [0.4, 0.5) is 5.95 Å². The Balaban J connectivity index is 1.49. The quantitative estimate of drug-likeness (QED) is 0.858. The lowest BCUT2D eigenvalue weighted by atomic mass is 9.82.